The number of hydrogen-bond donors (Lipinski definition) is 1. The summed E-state index contributed by atoms with van der Waals surface area (Å²) in [6.07, 6.45) is 2.02. The van der Waals surface area contributed by atoms with Crippen LogP contribution in [0.15, 0.2) is 52.7 Å². The Labute approximate surface area is 156 Å². The van der Waals surface area contributed by atoms with Gasteiger partial charge in [0, 0.05) is 25.8 Å². The molecule has 0 aliphatic carbocycles. The SMILES string of the molecule is COCCCN1C(=O)C(=O)/C(=C(/O)c2cccc(OC)c2)C1c1ccco1. The van der Waals surface area contributed by atoms with Crippen molar-refractivity contribution in [1.82, 2.24) is 4.90 Å². The Morgan fingerprint density at radius 1 is 1.22 bits per heavy atom. The summed E-state index contributed by atoms with van der Waals surface area (Å²) in [6, 6.07) is 9.24. The van der Waals surface area contributed by atoms with Crippen LogP contribution in [0.5, 0.6) is 5.75 Å². The third-order valence-corrected chi connectivity index (χ3v) is 4.44. The largest absolute Gasteiger partial charge is 0.507 e. The number of methoxy groups -OCH3 is 2. The second kappa shape index (κ2) is 8.09. The number of ether oxygens (including phenoxy) is 2. The van der Waals surface area contributed by atoms with Gasteiger partial charge in [-0.3, -0.25) is 9.59 Å². The molecule has 1 amide bonds. The summed E-state index contributed by atoms with van der Waals surface area (Å²) in [6.45, 7) is 0.752. The topological polar surface area (TPSA) is 89.2 Å². The van der Waals surface area contributed by atoms with Crippen molar-refractivity contribution < 1.29 is 28.6 Å². The molecule has 0 radical (unpaired) electrons. The van der Waals surface area contributed by atoms with Crippen molar-refractivity contribution in [2.45, 2.75) is 12.5 Å². The van der Waals surface area contributed by atoms with Gasteiger partial charge < -0.3 is 23.9 Å². The third kappa shape index (κ3) is 3.59. The van der Waals surface area contributed by atoms with Crippen LogP contribution in [-0.4, -0.2) is 49.1 Å². The molecule has 0 bridgehead atoms. The molecule has 142 valence electrons. The van der Waals surface area contributed by atoms with Crippen LogP contribution in [0, 0.1) is 0 Å². The Kier molecular flexibility index (Phi) is 5.61. The predicted octanol–water partition coefficient (Wildman–Crippen LogP) is 2.75. The molecule has 27 heavy (non-hydrogen) atoms. The molecule has 1 fully saturated rings. The van der Waals surface area contributed by atoms with Crippen LogP contribution in [0.4, 0.5) is 0 Å². The maximum absolute atomic E-state index is 12.7. The van der Waals surface area contributed by atoms with Crippen LogP contribution in [-0.2, 0) is 14.3 Å². The Balaban J connectivity index is 2.08. The molecule has 1 aliphatic heterocycles. The van der Waals surface area contributed by atoms with E-state index in [1.54, 1.807) is 43.5 Å². The van der Waals surface area contributed by atoms with Crippen molar-refractivity contribution in [3.05, 3.63) is 59.6 Å². The Hall–Kier alpha value is -3.06. The molecular weight excluding hydrogens is 350 g/mol. The minimum absolute atomic E-state index is 0.000574. The number of aliphatic hydroxyl groups excluding tert-OH is 1. The number of Topliss-reactive ketones (excluding diaryl/α,β-unsaturated/α-hetero) is 1. The first-order valence-corrected chi connectivity index (χ1v) is 8.53. The second-order valence-electron chi connectivity index (χ2n) is 6.09. The van der Waals surface area contributed by atoms with Crippen LogP contribution in [0.2, 0.25) is 0 Å². The van der Waals surface area contributed by atoms with Crippen molar-refractivity contribution in [2.75, 3.05) is 27.4 Å². The number of nitrogens with zero attached hydrogens (tertiary/aromatic N) is 1. The highest BCUT2D eigenvalue weighted by Gasteiger charge is 2.47. The average molecular weight is 371 g/mol. The highest BCUT2D eigenvalue weighted by molar-refractivity contribution is 6.46. The zero-order chi connectivity index (χ0) is 19.4. The summed E-state index contributed by atoms with van der Waals surface area (Å²) in [4.78, 5) is 26.7. The number of rotatable bonds is 7. The van der Waals surface area contributed by atoms with E-state index in [2.05, 4.69) is 0 Å². The summed E-state index contributed by atoms with van der Waals surface area (Å²) >= 11 is 0. The lowest BCUT2D eigenvalue weighted by Crippen LogP contribution is -2.31. The zero-order valence-electron chi connectivity index (χ0n) is 15.2. The molecule has 0 saturated carbocycles. The van der Waals surface area contributed by atoms with Gasteiger partial charge in [-0.2, -0.15) is 0 Å². The van der Waals surface area contributed by atoms with Gasteiger partial charge in [0.2, 0.25) is 0 Å². The van der Waals surface area contributed by atoms with Crippen LogP contribution in [0.3, 0.4) is 0 Å². The Bertz CT molecular complexity index is 855. The maximum Gasteiger partial charge on any atom is 0.295 e. The number of carbonyl (C=O) groups excluding carboxylic acids is 2. The molecule has 1 saturated heterocycles. The second-order valence-corrected chi connectivity index (χ2v) is 6.09. The average Bonchev–Trinajstić information content (AvgIpc) is 3.30. The number of likely N-dealkylation sites (tertiary alicyclic amines) is 1. The molecule has 1 aromatic carbocycles. The van der Waals surface area contributed by atoms with Gasteiger partial charge in [0.1, 0.15) is 23.3 Å². The van der Waals surface area contributed by atoms with Gasteiger partial charge in [-0.15, -0.1) is 0 Å². The first-order valence-electron chi connectivity index (χ1n) is 8.53. The van der Waals surface area contributed by atoms with E-state index >= 15 is 0 Å². The van der Waals surface area contributed by atoms with Crippen molar-refractivity contribution in [1.29, 1.82) is 0 Å². The lowest BCUT2D eigenvalue weighted by molar-refractivity contribution is -0.140. The van der Waals surface area contributed by atoms with E-state index in [1.165, 1.54) is 18.3 Å². The monoisotopic (exact) mass is 371 g/mol. The molecule has 3 rings (SSSR count). The van der Waals surface area contributed by atoms with E-state index in [9.17, 15) is 14.7 Å². The number of carbonyl (C=O) groups is 2. The van der Waals surface area contributed by atoms with Crippen LogP contribution in [0.25, 0.3) is 5.76 Å². The van der Waals surface area contributed by atoms with Crippen LogP contribution < -0.4 is 4.74 Å². The normalized spacial score (nSPS) is 18.9. The first-order chi connectivity index (χ1) is 13.1. The number of amides is 1. The van der Waals surface area contributed by atoms with Gasteiger partial charge in [-0.25, -0.2) is 0 Å². The van der Waals surface area contributed by atoms with E-state index in [0.29, 0.717) is 36.6 Å². The molecule has 2 heterocycles. The smallest absolute Gasteiger partial charge is 0.295 e. The molecule has 1 aromatic heterocycles. The van der Waals surface area contributed by atoms with Gasteiger partial charge in [-0.1, -0.05) is 12.1 Å². The highest BCUT2D eigenvalue weighted by atomic mass is 16.5. The Morgan fingerprint density at radius 3 is 2.70 bits per heavy atom. The van der Waals surface area contributed by atoms with E-state index in [0.717, 1.165) is 0 Å². The summed E-state index contributed by atoms with van der Waals surface area (Å²) < 4.78 is 15.7. The van der Waals surface area contributed by atoms with Gasteiger partial charge >= 0.3 is 0 Å². The zero-order valence-corrected chi connectivity index (χ0v) is 15.2. The van der Waals surface area contributed by atoms with Crippen molar-refractivity contribution >= 4 is 17.4 Å². The van der Waals surface area contributed by atoms with Crippen molar-refractivity contribution in [3.63, 3.8) is 0 Å². The molecule has 1 unspecified atom stereocenters. The summed E-state index contributed by atoms with van der Waals surface area (Å²) in [5, 5.41) is 10.8. The molecular formula is C20H21NO6. The summed E-state index contributed by atoms with van der Waals surface area (Å²) in [5.41, 5.74) is 0.390. The summed E-state index contributed by atoms with van der Waals surface area (Å²) in [5.74, 6) is -0.729. The minimum Gasteiger partial charge on any atom is -0.507 e. The quantitative estimate of drug-likeness (QED) is 0.348. The lowest BCUT2D eigenvalue weighted by atomic mass is 9.99. The number of furan rings is 1. The van der Waals surface area contributed by atoms with E-state index < -0.39 is 17.7 Å². The van der Waals surface area contributed by atoms with Gasteiger partial charge in [-0.05, 0) is 30.7 Å². The van der Waals surface area contributed by atoms with Crippen LogP contribution in [0.1, 0.15) is 23.8 Å². The molecule has 7 nitrogen and oxygen atoms in total. The molecule has 2 aromatic rings. The third-order valence-electron chi connectivity index (χ3n) is 4.44. The fourth-order valence-corrected chi connectivity index (χ4v) is 3.16. The molecule has 1 N–H and O–H groups in total. The van der Waals surface area contributed by atoms with E-state index in [1.807, 2.05) is 0 Å². The molecule has 1 aliphatic rings. The predicted molar refractivity (Wildman–Crippen MR) is 97.2 cm³/mol. The van der Waals surface area contributed by atoms with Gasteiger partial charge in [0.25, 0.3) is 11.7 Å². The summed E-state index contributed by atoms with van der Waals surface area (Å²) in [7, 11) is 3.08. The van der Waals surface area contributed by atoms with E-state index in [4.69, 9.17) is 13.9 Å². The highest BCUT2D eigenvalue weighted by Crippen LogP contribution is 2.39. The number of hydrogen-bond acceptors (Lipinski definition) is 6. The number of ketones is 1. The maximum atomic E-state index is 12.7. The van der Waals surface area contributed by atoms with E-state index in [-0.39, 0.29) is 11.3 Å². The van der Waals surface area contributed by atoms with Crippen LogP contribution >= 0.6 is 0 Å². The number of benzene rings is 1. The molecule has 7 heteroatoms. The van der Waals surface area contributed by atoms with Gasteiger partial charge in [0.05, 0.1) is 18.9 Å². The number of aliphatic hydroxyl groups is 1. The standard InChI is InChI=1S/C20H21NO6/c1-25-10-5-9-21-17(15-8-4-11-27-15)16(19(23)20(21)24)18(22)13-6-3-7-14(12-13)26-2/h3-4,6-8,11-12,17,22H,5,9-10H2,1-2H3/b18-16+. The fourth-order valence-electron chi connectivity index (χ4n) is 3.16. The van der Waals surface area contributed by atoms with Crippen molar-refractivity contribution in [2.24, 2.45) is 0 Å². The fraction of sp³-hybridized carbons (Fsp3) is 0.300. The molecule has 0 spiro atoms. The minimum atomic E-state index is -0.789. The van der Waals surface area contributed by atoms with Crippen molar-refractivity contribution in [3.8, 4) is 5.75 Å². The molecule has 1 atom stereocenters. The first kappa shape index (κ1) is 18.7. The Morgan fingerprint density at radius 2 is 2.04 bits per heavy atom. The lowest BCUT2D eigenvalue weighted by Gasteiger charge is -2.23. The van der Waals surface area contributed by atoms with Gasteiger partial charge in [0.15, 0.2) is 0 Å².